The minimum atomic E-state index is -0.329. The van der Waals surface area contributed by atoms with Crippen LogP contribution in [0.1, 0.15) is 23.5 Å². The van der Waals surface area contributed by atoms with Crippen LogP contribution in [0.25, 0.3) is 0 Å². The zero-order chi connectivity index (χ0) is 13.2. The van der Waals surface area contributed by atoms with Crippen LogP contribution < -0.4 is 0 Å². The highest BCUT2D eigenvalue weighted by Crippen LogP contribution is 2.40. The van der Waals surface area contributed by atoms with Crippen molar-refractivity contribution in [3.05, 3.63) is 76.2 Å². The van der Waals surface area contributed by atoms with Crippen LogP contribution in [0, 0.1) is 10.5 Å². The van der Waals surface area contributed by atoms with E-state index in [1.807, 2.05) is 42.5 Å². The molecule has 3 atom stereocenters. The third-order valence-corrected chi connectivity index (χ3v) is 4.17. The predicted molar refractivity (Wildman–Crippen MR) is 82.4 cm³/mol. The summed E-state index contributed by atoms with van der Waals surface area (Å²) in [5, 5.41) is 0. The van der Waals surface area contributed by atoms with Crippen LogP contribution >= 0.6 is 22.6 Å². The van der Waals surface area contributed by atoms with Crippen LogP contribution in [0.3, 0.4) is 0 Å². The summed E-state index contributed by atoms with van der Waals surface area (Å²) < 4.78 is 13.0. The third-order valence-electron chi connectivity index (χ3n) is 3.19. The summed E-state index contributed by atoms with van der Waals surface area (Å²) >= 11 is 2.32. The molecule has 3 heteroatoms. The van der Waals surface area contributed by atoms with Gasteiger partial charge in [-0.1, -0.05) is 48.5 Å². The van der Waals surface area contributed by atoms with Gasteiger partial charge in [0.2, 0.25) is 0 Å². The summed E-state index contributed by atoms with van der Waals surface area (Å²) in [6.45, 7) is 4.06. The minimum absolute atomic E-state index is 0.113. The predicted octanol–water partition coefficient (Wildman–Crippen LogP) is 4.28. The van der Waals surface area contributed by atoms with E-state index >= 15 is 0 Å². The second-order valence-electron chi connectivity index (χ2n) is 4.50. The fourth-order valence-corrected chi connectivity index (χ4v) is 2.92. The van der Waals surface area contributed by atoms with Crippen molar-refractivity contribution in [3.63, 3.8) is 0 Å². The van der Waals surface area contributed by atoms with Crippen LogP contribution in [0.15, 0.2) is 54.6 Å². The molecule has 2 aromatic rings. The van der Waals surface area contributed by atoms with Crippen LogP contribution in [-0.2, 0) is 9.47 Å². The SMILES string of the molecule is [CH2][C@@H]1OC(c2ccccc2)O[C@H]1c1ccccc1I. The summed E-state index contributed by atoms with van der Waals surface area (Å²) in [7, 11) is 0. The quantitative estimate of drug-likeness (QED) is 0.740. The molecule has 0 spiro atoms. The molecule has 1 fully saturated rings. The number of hydrogen-bond acceptors (Lipinski definition) is 2. The number of benzene rings is 2. The maximum Gasteiger partial charge on any atom is 0.185 e. The number of ether oxygens (including phenoxy) is 2. The highest BCUT2D eigenvalue weighted by Gasteiger charge is 2.35. The highest BCUT2D eigenvalue weighted by atomic mass is 127. The summed E-state index contributed by atoms with van der Waals surface area (Å²) in [5.74, 6) is 0. The Labute approximate surface area is 126 Å². The van der Waals surface area contributed by atoms with E-state index in [4.69, 9.17) is 9.47 Å². The standard InChI is InChI=1S/C16H14IO2/c1-11-15(13-9-5-6-10-14(13)17)19-16(18-11)12-7-3-2-4-8-12/h2-11,15-16H,1H2/t11-,15+,16?/m0/s1. The summed E-state index contributed by atoms with van der Waals surface area (Å²) in [4.78, 5) is 0. The van der Waals surface area contributed by atoms with Crippen molar-refractivity contribution < 1.29 is 9.47 Å². The monoisotopic (exact) mass is 365 g/mol. The van der Waals surface area contributed by atoms with Gasteiger partial charge in [-0.3, -0.25) is 0 Å². The largest absolute Gasteiger partial charge is 0.342 e. The fourth-order valence-electron chi connectivity index (χ4n) is 2.23. The highest BCUT2D eigenvalue weighted by molar-refractivity contribution is 14.1. The first-order valence-corrected chi connectivity index (χ1v) is 7.27. The average Bonchev–Trinajstić information content (AvgIpc) is 2.82. The molecule has 0 bridgehead atoms. The van der Waals surface area contributed by atoms with Crippen molar-refractivity contribution in [2.75, 3.05) is 0 Å². The number of hydrogen-bond donors (Lipinski definition) is 0. The van der Waals surface area contributed by atoms with Gasteiger partial charge in [-0.25, -0.2) is 0 Å². The summed E-state index contributed by atoms with van der Waals surface area (Å²) in [6.07, 6.45) is -0.635. The van der Waals surface area contributed by atoms with E-state index in [0.29, 0.717) is 0 Å². The van der Waals surface area contributed by atoms with Crippen LogP contribution in [0.2, 0.25) is 0 Å². The first kappa shape index (κ1) is 13.1. The van der Waals surface area contributed by atoms with Gasteiger partial charge in [0.05, 0.1) is 6.10 Å². The van der Waals surface area contributed by atoms with Crippen molar-refractivity contribution >= 4 is 22.6 Å². The van der Waals surface area contributed by atoms with E-state index in [1.54, 1.807) is 0 Å². The van der Waals surface area contributed by atoms with E-state index in [9.17, 15) is 0 Å². The molecule has 19 heavy (non-hydrogen) atoms. The second-order valence-corrected chi connectivity index (χ2v) is 5.66. The van der Waals surface area contributed by atoms with Gasteiger partial charge in [0.1, 0.15) is 6.10 Å². The van der Waals surface area contributed by atoms with E-state index in [-0.39, 0.29) is 18.5 Å². The Morgan fingerprint density at radius 3 is 2.32 bits per heavy atom. The molecule has 0 aromatic heterocycles. The van der Waals surface area contributed by atoms with Crippen molar-refractivity contribution in [2.24, 2.45) is 0 Å². The van der Waals surface area contributed by atoms with Crippen LogP contribution in [0.4, 0.5) is 0 Å². The van der Waals surface area contributed by atoms with Gasteiger partial charge in [0.25, 0.3) is 0 Å². The molecule has 0 amide bonds. The Kier molecular flexibility index (Phi) is 3.86. The lowest BCUT2D eigenvalue weighted by Gasteiger charge is -2.14. The molecule has 1 radical (unpaired) electrons. The molecular weight excluding hydrogens is 351 g/mol. The van der Waals surface area contributed by atoms with Gasteiger partial charge >= 0.3 is 0 Å². The first-order valence-electron chi connectivity index (χ1n) is 6.19. The molecule has 3 rings (SSSR count). The molecule has 1 saturated heterocycles. The summed E-state index contributed by atoms with van der Waals surface area (Å²) in [5.41, 5.74) is 2.17. The Hall–Kier alpha value is -0.910. The Balaban J connectivity index is 1.85. The van der Waals surface area contributed by atoms with Crippen molar-refractivity contribution in [3.8, 4) is 0 Å². The topological polar surface area (TPSA) is 18.5 Å². The van der Waals surface area contributed by atoms with Gasteiger partial charge in [0, 0.05) is 9.13 Å². The zero-order valence-corrected chi connectivity index (χ0v) is 12.5. The molecular formula is C16H14IO2. The second kappa shape index (κ2) is 5.61. The average molecular weight is 365 g/mol. The normalized spacial score (nSPS) is 26.5. The molecule has 1 heterocycles. The number of rotatable bonds is 2. The van der Waals surface area contributed by atoms with Gasteiger partial charge in [0.15, 0.2) is 6.29 Å². The molecule has 0 N–H and O–H groups in total. The van der Waals surface area contributed by atoms with Crippen molar-refractivity contribution in [1.82, 2.24) is 0 Å². The molecule has 2 nitrogen and oxygen atoms in total. The molecule has 1 aliphatic heterocycles. The maximum absolute atomic E-state index is 6.04. The Morgan fingerprint density at radius 1 is 0.895 bits per heavy atom. The molecule has 1 unspecified atom stereocenters. The molecule has 0 saturated carbocycles. The maximum atomic E-state index is 6.04. The van der Waals surface area contributed by atoms with Crippen molar-refractivity contribution in [2.45, 2.75) is 18.5 Å². The fraction of sp³-hybridized carbons (Fsp3) is 0.188. The first-order chi connectivity index (χ1) is 9.25. The molecule has 0 aliphatic carbocycles. The zero-order valence-electron chi connectivity index (χ0n) is 10.3. The lowest BCUT2D eigenvalue weighted by molar-refractivity contribution is -0.0658. The van der Waals surface area contributed by atoms with Crippen molar-refractivity contribution in [1.29, 1.82) is 0 Å². The number of halogens is 1. The van der Waals surface area contributed by atoms with Gasteiger partial charge in [-0.05, 0) is 41.1 Å². The Morgan fingerprint density at radius 2 is 1.58 bits per heavy atom. The third kappa shape index (κ3) is 2.68. The van der Waals surface area contributed by atoms with Crippen LogP contribution in [0.5, 0.6) is 0 Å². The Bertz CT molecular complexity index is 556. The molecule has 1 aliphatic rings. The van der Waals surface area contributed by atoms with E-state index in [1.165, 1.54) is 3.57 Å². The van der Waals surface area contributed by atoms with Gasteiger partial charge < -0.3 is 9.47 Å². The van der Waals surface area contributed by atoms with E-state index < -0.39 is 0 Å². The van der Waals surface area contributed by atoms with Crippen LogP contribution in [-0.4, -0.2) is 6.10 Å². The van der Waals surface area contributed by atoms with Gasteiger partial charge in [-0.2, -0.15) is 0 Å². The lowest BCUT2D eigenvalue weighted by atomic mass is 10.1. The summed E-state index contributed by atoms with van der Waals surface area (Å²) in [6, 6.07) is 18.2. The molecule has 2 aromatic carbocycles. The van der Waals surface area contributed by atoms with Gasteiger partial charge in [-0.15, -0.1) is 0 Å². The molecule has 97 valence electrons. The van der Waals surface area contributed by atoms with E-state index in [2.05, 4.69) is 41.6 Å². The minimum Gasteiger partial charge on any atom is -0.342 e. The smallest absolute Gasteiger partial charge is 0.185 e. The van der Waals surface area contributed by atoms with E-state index in [0.717, 1.165) is 11.1 Å². The lowest BCUT2D eigenvalue weighted by Crippen LogP contribution is -2.11.